The normalized spacial score (nSPS) is 28.8. The summed E-state index contributed by atoms with van der Waals surface area (Å²) < 4.78 is 5.88. The lowest BCUT2D eigenvalue weighted by molar-refractivity contribution is -0.141. The number of fused-ring (bicyclic) bond motifs is 2. The van der Waals surface area contributed by atoms with Crippen molar-refractivity contribution in [1.82, 2.24) is 0 Å². The van der Waals surface area contributed by atoms with Crippen molar-refractivity contribution in [2.24, 2.45) is 22.7 Å². The monoisotopic (exact) mass is 420 g/mol. The van der Waals surface area contributed by atoms with Crippen LogP contribution in [0.3, 0.4) is 0 Å². The number of carbonyl (C=O) groups is 1. The summed E-state index contributed by atoms with van der Waals surface area (Å²) in [6, 6.07) is 15.3. The molecule has 2 aliphatic carbocycles. The van der Waals surface area contributed by atoms with Gasteiger partial charge in [0.25, 0.3) is 0 Å². The van der Waals surface area contributed by atoms with Gasteiger partial charge in [0, 0.05) is 31.5 Å². The van der Waals surface area contributed by atoms with Gasteiger partial charge in [-0.05, 0) is 47.6 Å². The molecule has 164 valence electrons. The van der Waals surface area contributed by atoms with E-state index in [1.807, 2.05) is 30.3 Å². The quantitative estimate of drug-likeness (QED) is 0.632. The van der Waals surface area contributed by atoms with Crippen molar-refractivity contribution in [3.8, 4) is 16.9 Å². The van der Waals surface area contributed by atoms with Crippen LogP contribution < -0.4 is 0 Å². The van der Waals surface area contributed by atoms with Crippen LogP contribution in [0.4, 0.5) is 0 Å². The van der Waals surface area contributed by atoms with E-state index < -0.39 is 5.41 Å². The van der Waals surface area contributed by atoms with Crippen molar-refractivity contribution in [2.45, 2.75) is 39.2 Å². The molecule has 2 aliphatic rings. The highest BCUT2D eigenvalue weighted by Crippen LogP contribution is 2.69. The zero-order valence-corrected chi connectivity index (χ0v) is 18.6. The van der Waals surface area contributed by atoms with Crippen LogP contribution in [0.1, 0.15) is 32.3 Å². The molecule has 0 aliphatic heterocycles. The van der Waals surface area contributed by atoms with Crippen LogP contribution in [0.25, 0.3) is 11.1 Å². The second kappa shape index (κ2) is 7.92. The van der Waals surface area contributed by atoms with Crippen molar-refractivity contribution < 1.29 is 19.7 Å². The van der Waals surface area contributed by atoms with Gasteiger partial charge in [0.05, 0.1) is 11.5 Å². The number of ether oxygens (including phenoxy) is 1. The molecule has 2 bridgehead atoms. The van der Waals surface area contributed by atoms with Crippen LogP contribution in [0.2, 0.25) is 0 Å². The summed E-state index contributed by atoms with van der Waals surface area (Å²) in [5, 5.41) is 19.7. The van der Waals surface area contributed by atoms with Crippen molar-refractivity contribution in [3.63, 3.8) is 0 Å². The Kier molecular flexibility index (Phi) is 5.57. The third kappa shape index (κ3) is 3.24. The minimum absolute atomic E-state index is 0.0306. The molecule has 0 amide bonds. The van der Waals surface area contributed by atoms with Crippen LogP contribution in [-0.4, -0.2) is 35.8 Å². The van der Waals surface area contributed by atoms with Crippen LogP contribution in [0.5, 0.6) is 5.75 Å². The summed E-state index contributed by atoms with van der Waals surface area (Å²) in [7, 11) is 1.67. The summed E-state index contributed by atoms with van der Waals surface area (Å²) in [4.78, 5) is 13.8. The Morgan fingerprint density at radius 1 is 1.16 bits per heavy atom. The average Bonchev–Trinajstić information content (AvgIpc) is 3.19. The first-order valence-corrected chi connectivity index (χ1v) is 11.0. The molecule has 0 unspecified atom stereocenters. The van der Waals surface area contributed by atoms with E-state index in [2.05, 4.69) is 26.5 Å². The molecular weight excluding hydrogens is 388 g/mol. The standard InChI is InChI=1S/C27H32O4/c1-17-24-21(16-28)15-27(25(24)31-4,26(17,2)3)23(30)12-11-18-7-5-8-19(13-18)20-9-6-10-22(29)14-20/h5-10,13-14,21,24-25,28-29H,1,11-12,15-16H2,2-4H3/t21-,24+,25-,27+/m1/s1. The van der Waals surface area contributed by atoms with Crippen LogP contribution >= 0.6 is 0 Å². The lowest BCUT2D eigenvalue weighted by Gasteiger charge is -2.44. The molecule has 4 heteroatoms. The predicted octanol–water partition coefficient (Wildman–Crippen LogP) is 4.79. The number of methoxy groups -OCH3 is 1. The van der Waals surface area contributed by atoms with Gasteiger partial charge in [-0.3, -0.25) is 4.79 Å². The number of benzene rings is 2. The maximum atomic E-state index is 13.8. The van der Waals surface area contributed by atoms with E-state index in [9.17, 15) is 15.0 Å². The van der Waals surface area contributed by atoms with Gasteiger partial charge in [0.1, 0.15) is 11.5 Å². The number of Topliss-reactive ketones (excluding diaryl/α,β-unsaturated/α-hetero) is 1. The van der Waals surface area contributed by atoms with Gasteiger partial charge < -0.3 is 14.9 Å². The number of carbonyl (C=O) groups excluding carboxylic acids is 1. The van der Waals surface area contributed by atoms with Crippen molar-refractivity contribution in [1.29, 1.82) is 0 Å². The van der Waals surface area contributed by atoms with E-state index in [4.69, 9.17) is 4.74 Å². The molecule has 0 saturated heterocycles. The predicted molar refractivity (Wildman–Crippen MR) is 122 cm³/mol. The summed E-state index contributed by atoms with van der Waals surface area (Å²) in [6.07, 6.45) is 1.49. The molecule has 0 spiro atoms. The number of hydrogen-bond donors (Lipinski definition) is 2. The zero-order valence-electron chi connectivity index (χ0n) is 18.6. The number of aromatic hydroxyl groups is 1. The van der Waals surface area contributed by atoms with E-state index in [0.717, 1.165) is 22.3 Å². The van der Waals surface area contributed by atoms with E-state index in [0.29, 0.717) is 19.3 Å². The summed E-state index contributed by atoms with van der Waals surface area (Å²) >= 11 is 0. The second-order valence-electron chi connectivity index (χ2n) is 9.62. The van der Waals surface area contributed by atoms with Gasteiger partial charge in [0.2, 0.25) is 0 Å². The largest absolute Gasteiger partial charge is 0.508 e. The molecule has 0 radical (unpaired) electrons. The molecule has 4 atom stereocenters. The molecule has 2 N–H and O–H groups in total. The minimum Gasteiger partial charge on any atom is -0.508 e. The number of ketones is 1. The van der Waals surface area contributed by atoms with E-state index in [1.54, 1.807) is 19.2 Å². The molecule has 2 saturated carbocycles. The fourth-order valence-electron chi connectivity index (χ4n) is 6.21. The van der Waals surface area contributed by atoms with Crippen LogP contribution in [0, 0.1) is 22.7 Å². The zero-order chi connectivity index (χ0) is 22.4. The van der Waals surface area contributed by atoms with Crippen molar-refractivity contribution in [3.05, 3.63) is 66.2 Å². The second-order valence-corrected chi connectivity index (χ2v) is 9.62. The van der Waals surface area contributed by atoms with Crippen LogP contribution in [-0.2, 0) is 16.0 Å². The van der Waals surface area contributed by atoms with Gasteiger partial charge in [-0.25, -0.2) is 0 Å². The molecule has 31 heavy (non-hydrogen) atoms. The Labute approximate surface area is 184 Å². The third-order valence-corrected chi connectivity index (χ3v) is 7.96. The number of aryl methyl sites for hydroxylation is 1. The van der Waals surface area contributed by atoms with Gasteiger partial charge in [-0.2, -0.15) is 0 Å². The molecule has 2 aromatic rings. The Morgan fingerprint density at radius 3 is 2.48 bits per heavy atom. The topological polar surface area (TPSA) is 66.8 Å². The SMILES string of the molecule is C=C1[C@H]2[C@@H](CO)C[C@](C(=O)CCc3cccc(-c4cccc(O)c4)c3)([C@@H]2OC)C1(C)C. The Balaban J connectivity index is 1.57. The van der Waals surface area contributed by atoms with Crippen molar-refractivity contribution in [2.75, 3.05) is 13.7 Å². The van der Waals surface area contributed by atoms with Gasteiger partial charge >= 0.3 is 0 Å². The van der Waals surface area contributed by atoms with E-state index in [-0.39, 0.29) is 41.5 Å². The molecule has 0 aromatic heterocycles. The van der Waals surface area contributed by atoms with Gasteiger partial charge in [0.15, 0.2) is 0 Å². The Bertz CT molecular complexity index is 1010. The number of aliphatic hydroxyl groups is 1. The molecule has 2 fully saturated rings. The first-order chi connectivity index (χ1) is 14.8. The highest BCUT2D eigenvalue weighted by Gasteiger charge is 2.71. The van der Waals surface area contributed by atoms with Gasteiger partial charge in [-0.1, -0.05) is 62.4 Å². The number of hydrogen-bond acceptors (Lipinski definition) is 4. The maximum absolute atomic E-state index is 13.8. The minimum atomic E-state index is -0.639. The maximum Gasteiger partial charge on any atom is 0.142 e. The molecule has 4 rings (SSSR count). The van der Waals surface area contributed by atoms with Crippen LogP contribution in [0.15, 0.2) is 60.7 Å². The van der Waals surface area contributed by atoms with E-state index in [1.165, 1.54) is 0 Å². The molecular formula is C27H32O4. The number of aliphatic hydroxyl groups excluding tert-OH is 1. The Hall–Kier alpha value is -2.43. The number of phenolic OH excluding ortho intramolecular Hbond substituents is 1. The number of phenols is 1. The molecule has 2 aromatic carbocycles. The van der Waals surface area contributed by atoms with Crippen molar-refractivity contribution >= 4 is 5.78 Å². The molecule has 0 heterocycles. The first kappa shape index (κ1) is 21.8. The fourth-order valence-corrected chi connectivity index (χ4v) is 6.21. The highest BCUT2D eigenvalue weighted by atomic mass is 16.5. The van der Waals surface area contributed by atoms with Gasteiger partial charge in [-0.15, -0.1) is 0 Å². The lowest BCUT2D eigenvalue weighted by Crippen LogP contribution is -2.47. The summed E-state index contributed by atoms with van der Waals surface area (Å²) in [5.41, 5.74) is 3.09. The smallest absolute Gasteiger partial charge is 0.142 e. The summed E-state index contributed by atoms with van der Waals surface area (Å²) in [5.74, 6) is 0.499. The lowest BCUT2D eigenvalue weighted by atomic mass is 9.58. The van der Waals surface area contributed by atoms with E-state index >= 15 is 0 Å². The fraction of sp³-hybridized carbons (Fsp3) is 0.444. The average molecular weight is 421 g/mol. The highest BCUT2D eigenvalue weighted by molar-refractivity contribution is 5.89. The Morgan fingerprint density at radius 2 is 1.84 bits per heavy atom. The number of rotatable bonds is 7. The third-order valence-electron chi connectivity index (χ3n) is 7.96. The molecule has 4 nitrogen and oxygen atoms in total. The first-order valence-electron chi connectivity index (χ1n) is 11.0. The summed E-state index contributed by atoms with van der Waals surface area (Å²) in [6.45, 7) is 8.59.